The number of nitrogens with one attached hydrogen (secondary N) is 2. The molecule has 4 nitrogen and oxygen atoms in total. The number of carbonyl (C=O) groups is 2. The van der Waals surface area contributed by atoms with Crippen molar-refractivity contribution in [3.8, 4) is 0 Å². The first-order valence-corrected chi connectivity index (χ1v) is 5.38. The number of hydrogen-bond donors (Lipinski definition) is 2. The molecule has 0 saturated carbocycles. The second kappa shape index (κ2) is 3.96. The van der Waals surface area contributed by atoms with Crippen LogP contribution in [0.1, 0.15) is 41.0 Å². The maximum absolute atomic E-state index is 11.4. The molecule has 1 aliphatic rings. The topological polar surface area (TPSA) is 58.2 Å². The van der Waals surface area contributed by atoms with Gasteiger partial charge in [0.1, 0.15) is 0 Å². The first-order valence-electron chi connectivity index (χ1n) is 5.38. The third kappa shape index (κ3) is 1.78. The highest BCUT2D eigenvalue weighted by Gasteiger charge is 2.26. The third-order valence-electron chi connectivity index (χ3n) is 2.76. The summed E-state index contributed by atoms with van der Waals surface area (Å²) in [4.78, 5) is 22.7. The van der Waals surface area contributed by atoms with Crippen LogP contribution in [-0.2, 0) is 0 Å². The van der Waals surface area contributed by atoms with Crippen LogP contribution in [0.25, 0.3) is 0 Å². The Morgan fingerprint density at radius 1 is 1.25 bits per heavy atom. The van der Waals surface area contributed by atoms with Crippen molar-refractivity contribution in [2.24, 2.45) is 0 Å². The molecule has 1 atom stereocenters. The average Bonchev–Trinajstić information content (AvgIpc) is 2.54. The van der Waals surface area contributed by atoms with Gasteiger partial charge in [-0.25, -0.2) is 0 Å². The fourth-order valence-electron chi connectivity index (χ4n) is 1.64. The Morgan fingerprint density at radius 3 is 2.62 bits per heavy atom. The molecule has 1 unspecified atom stereocenters. The summed E-state index contributed by atoms with van der Waals surface area (Å²) in [5.41, 5.74) is 1.79. The molecule has 0 saturated heterocycles. The molecule has 2 rings (SSSR count). The smallest absolute Gasteiger partial charge is 0.259 e. The summed E-state index contributed by atoms with van der Waals surface area (Å²) >= 11 is 0. The lowest BCUT2D eigenvalue weighted by atomic mass is 10.1. The Bertz CT molecular complexity index is 454. The summed E-state index contributed by atoms with van der Waals surface area (Å²) in [6.45, 7) is 4.15. The highest BCUT2D eigenvalue weighted by Crippen LogP contribution is 2.20. The molecule has 1 heterocycles. The molecule has 2 N–H and O–H groups in total. The van der Waals surface area contributed by atoms with Crippen molar-refractivity contribution in [2.75, 3.05) is 5.32 Å². The largest absolute Gasteiger partial charge is 0.383 e. The molecule has 0 bridgehead atoms. The first kappa shape index (κ1) is 10.7. The summed E-state index contributed by atoms with van der Waals surface area (Å²) in [5, 5.41) is 5.54. The van der Waals surface area contributed by atoms with E-state index in [0.29, 0.717) is 17.2 Å². The van der Waals surface area contributed by atoms with Crippen LogP contribution in [0, 0.1) is 0 Å². The second-order valence-electron chi connectivity index (χ2n) is 4.00. The number of rotatable bonds is 3. The molecule has 0 aromatic heterocycles. The van der Waals surface area contributed by atoms with Gasteiger partial charge in [-0.3, -0.25) is 14.9 Å². The zero-order valence-corrected chi connectivity index (χ0v) is 9.33. The molecule has 1 aromatic carbocycles. The first-order chi connectivity index (χ1) is 7.61. The number of imide groups is 1. The minimum absolute atomic E-state index is 0.310. The van der Waals surface area contributed by atoms with Crippen molar-refractivity contribution in [3.05, 3.63) is 29.3 Å². The summed E-state index contributed by atoms with van der Waals surface area (Å²) < 4.78 is 0. The Kier molecular flexibility index (Phi) is 2.64. The van der Waals surface area contributed by atoms with Crippen LogP contribution in [0.4, 0.5) is 5.69 Å². The highest BCUT2D eigenvalue weighted by molar-refractivity contribution is 6.21. The lowest BCUT2D eigenvalue weighted by molar-refractivity contribution is 0.0879. The van der Waals surface area contributed by atoms with E-state index in [2.05, 4.69) is 24.5 Å². The fraction of sp³-hybridized carbons (Fsp3) is 0.333. The number of amides is 2. The molecule has 16 heavy (non-hydrogen) atoms. The van der Waals surface area contributed by atoms with Gasteiger partial charge in [-0.1, -0.05) is 6.92 Å². The van der Waals surface area contributed by atoms with E-state index in [-0.39, 0.29) is 11.8 Å². The van der Waals surface area contributed by atoms with Gasteiger partial charge in [-0.15, -0.1) is 0 Å². The Balaban J connectivity index is 2.30. The zero-order valence-electron chi connectivity index (χ0n) is 9.33. The molecule has 0 spiro atoms. The van der Waals surface area contributed by atoms with E-state index in [9.17, 15) is 9.59 Å². The predicted molar refractivity (Wildman–Crippen MR) is 61.6 cm³/mol. The number of benzene rings is 1. The molecular formula is C12H14N2O2. The minimum atomic E-state index is -0.312. The van der Waals surface area contributed by atoms with Crippen LogP contribution in [0.15, 0.2) is 18.2 Å². The summed E-state index contributed by atoms with van der Waals surface area (Å²) in [6.07, 6.45) is 1.00. The van der Waals surface area contributed by atoms with Crippen molar-refractivity contribution in [1.82, 2.24) is 5.32 Å². The molecule has 2 amide bonds. The Hall–Kier alpha value is -1.84. The summed E-state index contributed by atoms with van der Waals surface area (Å²) in [5.74, 6) is -0.622. The van der Waals surface area contributed by atoms with Gasteiger partial charge in [0.2, 0.25) is 0 Å². The number of hydrogen-bond acceptors (Lipinski definition) is 3. The minimum Gasteiger partial charge on any atom is -0.383 e. The van der Waals surface area contributed by atoms with E-state index in [1.165, 1.54) is 0 Å². The summed E-state index contributed by atoms with van der Waals surface area (Å²) in [7, 11) is 0. The average molecular weight is 218 g/mol. The number of fused-ring (bicyclic) bond motifs is 1. The molecule has 1 aromatic rings. The summed E-state index contributed by atoms with van der Waals surface area (Å²) in [6, 6.07) is 5.57. The second-order valence-corrected chi connectivity index (χ2v) is 4.00. The maximum atomic E-state index is 11.4. The monoisotopic (exact) mass is 218 g/mol. The Morgan fingerprint density at radius 2 is 1.94 bits per heavy atom. The third-order valence-corrected chi connectivity index (χ3v) is 2.76. The van der Waals surface area contributed by atoms with E-state index >= 15 is 0 Å². The molecule has 0 aliphatic carbocycles. The van der Waals surface area contributed by atoms with Gasteiger partial charge in [0.25, 0.3) is 11.8 Å². The lowest BCUT2D eigenvalue weighted by Gasteiger charge is -2.13. The van der Waals surface area contributed by atoms with Crippen molar-refractivity contribution in [2.45, 2.75) is 26.3 Å². The van der Waals surface area contributed by atoms with Crippen LogP contribution in [-0.4, -0.2) is 17.9 Å². The molecule has 1 aliphatic heterocycles. The maximum Gasteiger partial charge on any atom is 0.259 e. The fourth-order valence-corrected chi connectivity index (χ4v) is 1.64. The van der Waals surface area contributed by atoms with Gasteiger partial charge in [0, 0.05) is 11.7 Å². The van der Waals surface area contributed by atoms with Gasteiger partial charge in [0.05, 0.1) is 11.1 Å². The molecule has 84 valence electrons. The zero-order chi connectivity index (χ0) is 11.7. The van der Waals surface area contributed by atoms with Crippen LogP contribution in [0.2, 0.25) is 0 Å². The van der Waals surface area contributed by atoms with E-state index in [1.54, 1.807) is 12.1 Å². The predicted octanol–water partition coefficient (Wildman–Crippen LogP) is 1.78. The van der Waals surface area contributed by atoms with Gasteiger partial charge in [0.15, 0.2) is 0 Å². The molecule has 0 radical (unpaired) electrons. The van der Waals surface area contributed by atoms with Crippen molar-refractivity contribution < 1.29 is 9.59 Å². The SMILES string of the molecule is CCC(C)Nc1ccc2c(c1)C(=O)NC2=O. The van der Waals surface area contributed by atoms with Crippen LogP contribution in [0.3, 0.4) is 0 Å². The lowest BCUT2D eigenvalue weighted by Crippen LogP contribution is -2.19. The van der Waals surface area contributed by atoms with Crippen LogP contribution >= 0.6 is 0 Å². The van der Waals surface area contributed by atoms with E-state index in [4.69, 9.17) is 0 Å². The normalized spacial score (nSPS) is 15.6. The highest BCUT2D eigenvalue weighted by atomic mass is 16.2. The quantitative estimate of drug-likeness (QED) is 0.760. The van der Waals surface area contributed by atoms with Gasteiger partial charge in [-0.2, -0.15) is 0 Å². The van der Waals surface area contributed by atoms with Crippen molar-refractivity contribution in [1.29, 1.82) is 0 Å². The van der Waals surface area contributed by atoms with Crippen LogP contribution in [0.5, 0.6) is 0 Å². The van der Waals surface area contributed by atoms with E-state index in [0.717, 1.165) is 12.1 Å². The molecule has 4 heteroatoms. The van der Waals surface area contributed by atoms with Crippen molar-refractivity contribution >= 4 is 17.5 Å². The van der Waals surface area contributed by atoms with Gasteiger partial charge >= 0.3 is 0 Å². The van der Waals surface area contributed by atoms with Crippen molar-refractivity contribution in [3.63, 3.8) is 0 Å². The molecule has 0 fully saturated rings. The number of anilines is 1. The van der Waals surface area contributed by atoms with Crippen LogP contribution < -0.4 is 10.6 Å². The molecular weight excluding hydrogens is 204 g/mol. The van der Waals surface area contributed by atoms with Gasteiger partial charge in [-0.05, 0) is 31.5 Å². The standard InChI is InChI=1S/C12H14N2O2/c1-3-7(2)13-8-4-5-9-10(6-8)12(16)14-11(9)15/h4-7,13H,3H2,1-2H3,(H,14,15,16). The number of carbonyl (C=O) groups excluding carboxylic acids is 2. The van der Waals surface area contributed by atoms with E-state index in [1.807, 2.05) is 6.07 Å². The Labute approximate surface area is 94.0 Å². The van der Waals surface area contributed by atoms with Gasteiger partial charge < -0.3 is 5.32 Å². The van der Waals surface area contributed by atoms with E-state index < -0.39 is 0 Å².